The second kappa shape index (κ2) is 10.7. The van der Waals surface area contributed by atoms with Gasteiger partial charge in [-0.25, -0.2) is 4.79 Å². The Morgan fingerprint density at radius 2 is 1.74 bits per heavy atom. The van der Waals surface area contributed by atoms with Crippen molar-refractivity contribution in [3.8, 4) is 5.75 Å². The summed E-state index contributed by atoms with van der Waals surface area (Å²) in [5.41, 5.74) is 0.112. The zero-order chi connectivity index (χ0) is 23.2. The second-order valence-electron chi connectivity index (χ2n) is 8.71. The Balaban J connectivity index is 1.87. The molecule has 0 radical (unpaired) electrons. The first-order valence-corrected chi connectivity index (χ1v) is 13.4. The van der Waals surface area contributed by atoms with E-state index in [1.54, 1.807) is 12.1 Å². The summed E-state index contributed by atoms with van der Waals surface area (Å²) in [5.74, 6) is -0.181. The molecule has 0 N–H and O–H groups in total. The Morgan fingerprint density at radius 3 is 2.39 bits per heavy atom. The van der Waals surface area contributed by atoms with Crippen LogP contribution < -0.4 is 10.4 Å². The first-order valence-electron chi connectivity index (χ1n) is 10.2. The number of carbonyl (C=O) groups is 1. The van der Waals surface area contributed by atoms with Crippen LogP contribution in [0.5, 0.6) is 5.75 Å². The summed E-state index contributed by atoms with van der Waals surface area (Å²) < 4.78 is 27.5. The molecule has 2 aromatic rings. The molecular weight excluding hydrogens is 440 g/mol. The Bertz CT molecular complexity index is 963. The minimum Gasteiger partial charge on any atom is -0.427 e. The molecule has 0 fully saturated rings. The number of hydrogen-bond acceptors (Lipinski definition) is 7. The van der Waals surface area contributed by atoms with E-state index in [2.05, 4.69) is 33.9 Å². The molecular formula is C22H31ClO7Si. The third-order valence-electron chi connectivity index (χ3n) is 5.30. The van der Waals surface area contributed by atoms with Crippen LogP contribution in [0.15, 0.2) is 27.4 Å². The molecule has 2 rings (SSSR count). The third kappa shape index (κ3) is 7.15. The van der Waals surface area contributed by atoms with Crippen LogP contribution in [0.4, 0.5) is 0 Å². The summed E-state index contributed by atoms with van der Waals surface area (Å²) in [6.07, 6.45) is 0. The van der Waals surface area contributed by atoms with Gasteiger partial charge in [-0.05, 0) is 30.3 Å². The SMILES string of the molecule is CC(=O)Oc1ccc2c(COCCOCCO[Si](C)(C)C(C)(C)C)c(Cl)c(=O)oc2c1. The molecule has 7 nitrogen and oxygen atoms in total. The summed E-state index contributed by atoms with van der Waals surface area (Å²) in [4.78, 5) is 23.2. The van der Waals surface area contributed by atoms with Crippen molar-refractivity contribution in [2.75, 3.05) is 26.4 Å². The average Bonchev–Trinajstić information content (AvgIpc) is 2.65. The minimum atomic E-state index is -1.77. The molecule has 31 heavy (non-hydrogen) atoms. The highest BCUT2D eigenvalue weighted by Gasteiger charge is 2.36. The molecule has 0 aliphatic carbocycles. The van der Waals surface area contributed by atoms with Crippen molar-refractivity contribution >= 4 is 36.9 Å². The number of fused-ring (bicyclic) bond motifs is 1. The van der Waals surface area contributed by atoms with E-state index in [1.807, 2.05) is 0 Å². The topological polar surface area (TPSA) is 84.2 Å². The van der Waals surface area contributed by atoms with Crippen molar-refractivity contribution in [1.29, 1.82) is 0 Å². The van der Waals surface area contributed by atoms with E-state index in [-0.39, 0.29) is 28.0 Å². The summed E-state index contributed by atoms with van der Waals surface area (Å²) in [7, 11) is -1.77. The van der Waals surface area contributed by atoms with Gasteiger partial charge >= 0.3 is 11.6 Å². The Labute approximate surface area is 188 Å². The van der Waals surface area contributed by atoms with Crippen LogP contribution in [-0.2, 0) is 25.3 Å². The van der Waals surface area contributed by atoms with Gasteiger partial charge in [-0.15, -0.1) is 0 Å². The zero-order valence-corrected chi connectivity index (χ0v) is 20.8. The predicted molar refractivity (Wildman–Crippen MR) is 122 cm³/mol. The number of esters is 1. The van der Waals surface area contributed by atoms with E-state index in [9.17, 15) is 9.59 Å². The Hall–Kier alpha value is -1.71. The summed E-state index contributed by atoms with van der Waals surface area (Å²) in [6, 6.07) is 4.76. The first kappa shape index (κ1) is 25.5. The molecule has 0 spiro atoms. The second-order valence-corrected chi connectivity index (χ2v) is 13.9. The molecule has 1 heterocycles. The zero-order valence-electron chi connectivity index (χ0n) is 19.0. The van der Waals surface area contributed by atoms with Crippen LogP contribution in [0.2, 0.25) is 23.2 Å². The molecule has 0 bridgehead atoms. The van der Waals surface area contributed by atoms with Gasteiger partial charge in [0, 0.05) is 23.9 Å². The van der Waals surface area contributed by atoms with Crippen molar-refractivity contribution in [2.24, 2.45) is 0 Å². The third-order valence-corrected chi connectivity index (χ3v) is 10.2. The summed E-state index contributed by atoms with van der Waals surface area (Å²) in [6.45, 7) is 14.2. The van der Waals surface area contributed by atoms with Gasteiger partial charge in [0.2, 0.25) is 0 Å². The van der Waals surface area contributed by atoms with Gasteiger partial charge in [0.25, 0.3) is 0 Å². The van der Waals surface area contributed by atoms with Crippen molar-refractivity contribution in [3.63, 3.8) is 0 Å². The van der Waals surface area contributed by atoms with Gasteiger partial charge in [0.15, 0.2) is 8.32 Å². The Kier molecular flexibility index (Phi) is 8.85. The van der Waals surface area contributed by atoms with Gasteiger partial charge in [0.05, 0.1) is 33.0 Å². The van der Waals surface area contributed by atoms with Crippen LogP contribution >= 0.6 is 11.6 Å². The highest BCUT2D eigenvalue weighted by Crippen LogP contribution is 2.36. The Morgan fingerprint density at radius 1 is 1.10 bits per heavy atom. The van der Waals surface area contributed by atoms with Gasteiger partial charge in [-0.1, -0.05) is 32.4 Å². The lowest BCUT2D eigenvalue weighted by Gasteiger charge is -2.36. The highest BCUT2D eigenvalue weighted by molar-refractivity contribution is 6.74. The normalized spacial score (nSPS) is 12.4. The summed E-state index contributed by atoms with van der Waals surface area (Å²) in [5, 5.41) is 0.750. The molecule has 0 amide bonds. The van der Waals surface area contributed by atoms with Crippen LogP contribution in [0.3, 0.4) is 0 Å². The number of rotatable bonds is 10. The maximum Gasteiger partial charge on any atom is 0.355 e. The average molecular weight is 471 g/mol. The number of hydrogen-bond donors (Lipinski definition) is 0. The van der Waals surface area contributed by atoms with Gasteiger partial charge in [-0.2, -0.15) is 0 Å². The van der Waals surface area contributed by atoms with Gasteiger partial charge < -0.3 is 23.1 Å². The van der Waals surface area contributed by atoms with E-state index in [0.717, 1.165) is 0 Å². The number of benzene rings is 1. The standard InChI is InChI=1S/C22H31ClO7Si/c1-15(24)29-16-7-8-17-18(20(23)21(25)30-19(17)13-16)14-27-10-9-26-11-12-28-31(5,6)22(2,3)4/h7-8,13H,9-12,14H2,1-6H3. The lowest BCUT2D eigenvalue weighted by molar-refractivity contribution is -0.131. The van der Waals surface area contributed by atoms with Crippen LogP contribution in [-0.4, -0.2) is 40.7 Å². The fourth-order valence-electron chi connectivity index (χ4n) is 2.56. The molecule has 0 saturated carbocycles. The van der Waals surface area contributed by atoms with E-state index >= 15 is 0 Å². The smallest absolute Gasteiger partial charge is 0.355 e. The molecule has 0 atom stereocenters. The van der Waals surface area contributed by atoms with E-state index < -0.39 is 19.9 Å². The molecule has 0 saturated heterocycles. The molecule has 1 aromatic heterocycles. The lowest BCUT2D eigenvalue weighted by Crippen LogP contribution is -2.41. The minimum absolute atomic E-state index is 0.0311. The van der Waals surface area contributed by atoms with Crippen molar-refractivity contribution in [2.45, 2.75) is 52.4 Å². The number of carbonyl (C=O) groups excluding carboxylic acids is 1. The molecule has 1 aromatic carbocycles. The maximum atomic E-state index is 12.0. The summed E-state index contributed by atoms with van der Waals surface area (Å²) >= 11 is 6.14. The quantitative estimate of drug-likeness (QED) is 0.160. The maximum absolute atomic E-state index is 12.0. The largest absolute Gasteiger partial charge is 0.427 e. The van der Waals surface area contributed by atoms with Crippen molar-refractivity contribution in [1.82, 2.24) is 0 Å². The molecule has 0 aliphatic heterocycles. The first-order chi connectivity index (χ1) is 14.4. The van der Waals surface area contributed by atoms with E-state index in [0.29, 0.717) is 37.4 Å². The molecule has 172 valence electrons. The highest BCUT2D eigenvalue weighted by atomic mass is 35.5. The van der Waals surface area contributed by atoms with Crippen LogP contribution in [0, 0.1) is 0 Å². The van der Waals surface area contributed by atoms with E-state index in [4.69, 9.17) is 34.7 Å². The van der Waals surface area contributed by atoms with Crippen LogP contribution in [0.25, 0.3) is 11.0 Å². The van der Waals surface area contributed by atoms with Gasteiger partial charge in [-0.3, -0.25) is 4.79 Å². The molecule has 9 heteroatoms. The fraction of sp³-hybridized carbons (Fsp3) is 0.545. The molecule has 0 aliphatic rings. The molecule has 0 unspecified atom stereocenters. The van der Waals surface area contributed by atoms with Crippen molar-refractivity contribution < 1.29 is 27.8 Å². The predicted octanol–water partition coefficient (Wildman–Crippen LogP) is 4.93. The van der Waals surface area contributed by atoms with Crippen LogP contribution in [0.1, 0.15) is 33.3 Å². The van der Waals surface area contributed by atoms with Crippen molar-refractivity contribution in [3.05, 3.63) is 39.2 Å². The lowest BCUT2D eigenvalue weighted by atomic mass is 10.1. The number of ether oxygens (including phenoxy) is 3. The van der Waals surface area contributed by atoms with Gasteiger partial charge in [0.1, 0.15) is 16.4 Å². The number of halogens is 1. The fourth-order valence-corrected chi connectivity index (χ4v) is 3.78. The monoisotopic (exact) mass is 470 g/mol. The van der Waals surface area contributed by atoms with E-state index in [1.165, 1.54) is 13.0 Å².